The topological polar surface area (TPSA) is 111 Å². The molecule has 1 aliphatic rings. The van der Waals surface area contributed by atoms with E-state index in [1.165, 1.54) is 0 Å². The van der Waals surface area contributed by atoms with Gasteiger partial charge in [-0.1, -0.05) is 26.0 Å². The van der Waals surface area contributed by atoms with E-state index in [4.69, 9.17) is 15.2 Å². The molecule has 1 saturated heterocycles. The number of nitrogen functional groups attached to an aromatic ring is 1. The van der Waals surface area contributed by atoms with Crippen LogP contribution in [0.15, 0.2) is 54.7 Å². The number of carbonyl (C=O) groups is 1. The van der Waals surface area contributed by atoms with Crippen LogP contribution in [0, 0.1) is 5.92 Å². The summed E-state index contributed by atoms with van der Waals surface area (Å²) in [6.07, 6.45) is 1.92. The Morgan fingerprint density at radius 1 is 1.08 bits per heavy atom. The lowest BCUT2D eigenvalue weighted by Gasteiger charge is -2.34. The van der Waals surface area contributed by atoms with Crippen LogP contribution in [0.4, 0.5) is 23.1 Å². The molecule has 3 heterocycles. The van der Waals surface area contributed by atoms with Crippen molar-refractivity contribution in [3.63, 3.8) is 0 Å². The number of aromatic nitrogens is 3. The first-order chi connectivity index (χ1) is 18.8. The standard InChI is InChI=1S/C29H35N7O3/c1-19(2)18-39-28(37)21-7-5-6-8-22(21)31-27-26-23(32-29(30)33-27)11-12-36(26)24-10-9-20(17-25(24)38-4)35-15-13-34(3)14-16-35/h5-12,17,19H,13-16,18H2,1-4H3,(H3,30,31,32,33). The molecule has 0 unspecified atom stereocenters. The molecule has 10 heteroatoms. The Labute approximate surface area is 228 Å². The van der Waals surface area contributed by atoms with Crippen LogP contribution in [0.1, 0.15) is 24.2 Å². The Morgan fingerprint density at radius 2 is 1.85 bits per heavy atom. The van der Waals surface area contributed by atoms with Gasteiger partial charge in [-0.05, 0) is 43.3 Å². The van der Waals surface area contributed by atoms with Crippen LogP contribution in [-0.4, -0.2) is 72.3 Å². The highest BCUT2D eigenvalue weighted by Crippen LogP contribution is 2.35. The van der Waals surface area contributed by atoms with Crippen LogP contribution in [0.3, 0.4) is 0 Å². The number of rotatable bonds is 8. The molecule has 0 spiro atoms. The Bertz CT molecular complexity index is 1480. The summed E-state index contributed by atoms with van der Waals surface area (Å²) in [6, 6.07) is 15.3. The van der Waals surface area contributed by atoms with Crippen LogP contribution in [0.25, 0.3) is 16.7 Å². The van der Waals surface area contributed by atoms with Crippen molar-refractivity contribution in [1.82, 2.24) is 19.4 Å². The molecule has 0 amide bonds. The molecule has 0 atom stereocenters. The fourth-order valence-corrected chi connectivity index (χ4v) is 4.70. The van der Waals surface area contributed by atoms with Gasteiger partial charge in [-0.3, -0.25) is 0 Å². The van der Waals surface area contributed by atoms with Crippen molar-refractivity contribution >= 4 is 40.1 Å². The largest absolute Gasteiger partial charge is 0.494 e. The summed E-state index contributed by atoms with van der Waals surface area (Å²) in [5.41, 5.74) is 10.4. The number of nitrogens with zero attached hydrogens (tertiary/aromatic N) is 5. The first kappa shape index (κ1) is 26.3. The highest BCUT2D eigenvalue weighted by molar-refractivity contribution is 5.98. The van der Waals surface area contributed by atoms with E-state index in [-0.39, 0.29) is 11.9 Å². The van der Waals surface area contributed by atoms with Crippen LogP contribution >= 0.6 is 0 Å². The smallest absolute Gasteiger partial charge is 0.340 e. The molecule has 1 fully saturated rings. The molecule has 0 saturated carbocycles. The first-order valence-electron chi connectivity index (χ1n) is 13.1. The van der Waals surface area contributed by atoms with Crippen molar-refractivity contribution in [2.75, 3.05) is 62.9 Å². The zero-order valence-electron chi connectivity index (χ0n) is 22.8. The summed E-state index contributed by atoms with van der Waals surface area (Å²) in [7, 11) is 3.82. The van der Waals surface area contributed by atoms with Crippen molar-refractivity contribution in [1.29, 1.82) is 0 Å². The van der Waals surface area contributed by atoms with Crippen LogP contribution in [0.2, 0.25) is 0 Å². The monoisotopic (exact) mass is 529 g/mol. The van der Waals surface area contributed by atoms with E-state index in [1.54, 1.807) is 19.2 Å². The van der Waals surface area contributed by atoms with Gasteiger partial charge < -0.3 is 34.9 Å². The maximum absolute atomic E-state index is 12.8. The predicted octanol–water partition coefficient (Wildman–Crippen LogP) is 4.32. The zero-order chi connectivity index (χ0) is 27.5. The molecular formula is C29H35N7O3. The van der Waals surface area contributed by atoms with Gasteiger partial charge in [0, 0.05) is 44.1 Å². The molecule has 0 aliphatic carbocycles. The van der Waals surface area contributed by atoms with Crippen molar-refractivity contribution in [3.05, 3.63) is 60.3 Å². The summed E-state index contributed by atoms with van der Waals surface area (Å²) < 4.78 is 13.3. The number of nitrogens with two attached hydrogens (primary N) is 1. The SMILES string of the molecule is COc1cc(N2CCN(C)CC2)ccc1-n1ccc2nc(N)nc(Nc3ccccc3C(=O)OCC(C)C)c21. The number of hydrogen-bond donors (Lipinski definition) is 2. The van der Waals surface area contributed by atoms with E-state index >= 15 is 0 Å². The summed E-state index contributed by atoms with van der Waals surface area (Å²) in [4.78, 5) is 26.5. The van der Waals surface area contributed by atoms with Crippen molar-refractivity contribution in [2.45, 2.75) is 13.8 Å². The fraction of sp³-hybridized carbons (Fsp3) is 0.345. The summed E-state index contributed by atoms with van der Waals surface area (Å²) in [6.45, 7) is 8.30. The number of para-hydroxylation sites is 1. The van der Waals surface area contributed by atoms with Gasteiger partial charge in [0.2, 0.25) is 5.95 Å². The molecular weight excluding hydrogens is 494 g/mol. The third-order valence-electron chi connectivity index (χ3n) is 6.79. The van der Waals surface area contributed by atoms with Crippen molar-refractivity contribution in [3.8, 4) is 11.4 Å². The van der Waals surface area contributed by atoms with Gasteiger partial charge in [0.05, 0.1) is 36.2 Å². The number of nitrogens with one attached hydrogen (secondary N) is 1. The number of piperazine rings is 1. The highest BCUT2D eigenvalue weighted by Gasteiger charge is 2.20. The molecule has 0 bridgehead atoms. The number of ether oxygens (including phenoxy) is 2. The van der Waals surface area contributed by atoms with Gasteiger partial charge in [0.1, 0.15) is 11.3 Å². The van der Waals surface area contributed by atoms with Crippen molar-refractivity contribution < 1.29 is 14.3 Å². The molecule has 3 N–H and O–H groups in total. The second kappa shape index (κ2) is 11.2. The Balaban J connectivity index is 1.53. The Morgan fingerprint density at radius 3 is 2.59 bits per heavy atom. The van der Waals surface area contributed by atoms with E-state index < -0.39 is 5.97 Å². The van der Waals surface area contributed by atoms with Gasteiger partial charge in [-0.15, -0.1) is 0 Å². The second-order valence-corrected chi connectivity index (χ2v) is 10.2. The van der Waals surface area contributed by atoms with Crippen molar-refractivity contribution in [2.24, 2.45) is 5.92 Å². The van der Waals surface area contributed by atoms with Crippen LogP contribution < -0.4 is 20.7 Å². The third-order valence-corrected chi connectivity index (χ3v) is 6.79. The van der Waals surface area contributed by atoms with E-state index in [2.05, 4.69) is 44.3 Å². The summed E-state index contributed by atoms with van der Waals surface area (Å²) in [5.74, 6) is 1.15. The van der Waals surface area contributed by atoms with Gasteiger partial charge >= 0.3 is 5.97 Å². The number of fused-ring (bicyclic) bond motifs is 1. The van der Waals surface area contributed by atoms with Gasteiger partial charge in [0.25, 0.3) is 0 Å². The first-order valence-corrected chi connectivity index (χ1v) is 13.1. The van der Waals surface area contributed by atoms with Crippen LogP contribution in [0.5, 0.6) is 5.75 Å². The number of benzene rings is 2. The highest BCUT2D eigenvalue weighted by atomic mass is 16.5. The molecule has 4 aromatic rings. The zero-order valence-corrected chi connectivity index (χ0v) is 22.8. The molecule has 2 aromatic carbocycles. The lowest BCUT2D eigenvalue weighted by molar-refractivity contribution is 0.0460. The number of esters is 1. The van der Waals surface area contributed by atoms with E-state index in [1.807, 2.05) is 48.9 Å². The number of anilines is 4. The van der Waals surface area contributed by atoms with E-state index in [0.717, 1.165) is 43.3 Å². The number of methoxy groups -OCH3 is 1. The fourth-order valence-electron chi connectivity index (χ4n) is 4.70. The number of carbonyl (C=O) groups excluding carboxylic acids is 1. The average molecular weight is 530 g/mol. The number of hydrogen-bond acceptors (Lipinski definition) is 9. The minimum atomic E-state index is -0.401. The minimum absolute atomic E-state index is 0.125. The molecule has 1 aliphatic heterocycles. The molecule has 204 valence electrons. The average Bonchev–Trinajstić information content (AvgIpc) is 3.35. The summed E-state index contributed by atoms with van der Waals surface area (Å²) >= 11 is 0. The Hall–Kier alpha value is -4.31. The lowest BCUT2D eigenvalue weighted by Crippen LogP contribution is -2.44. The van der Waals surface area contributed by atoms with Gasteiger partial charge in [-0.2, -0.15) is 4.98 Å². The maximum Gasteiger partial charge on any atom is 0.340 e. The molecule has 0 radical (unpaired) electrons. The maximum atomic E-state index is 12.8. The molecule has 39 heavy (non-hydrogen) atoms. The van der Waals surface area contributed by atoms with Gasteiger partial charge in [0.15, 0.2) is 5.82 Å². The second-order valence-electron chi connectivity index (χ2n) is 10.2. The molecule has 2 aromatic heterocycles. The number of likely N-dealkylation sites (N-methyl/N-ethyl adjacent to an activating group) is 1. The molecule has 10 nitrogen and oxygen atoms in total. The lowest BCUT2D eigenvalue weighted by atomic mass is 10.1. The summed E-state index contributed by atoms with van der Waals surface area (Å²) in [5, 5.41) is 3.32. The third kappa shape index (κ3) is 5.61. The molecule has 5 rings (SSSR count). The van der Waals surface area contributed by atoms with E-state index in [9.17, 15) is 4.79 Å². The Kier molecular flexibility index (Phi) is 7.56. The van der Waals surface area contributed by atoms with Crippen LogP contribution in [-0.2, 0) is 4.74 Å². The van der Waals surface area contributed by atoms with Gasteiger partial charge in [-0.25, -0.2) is 9.78 Å². The van der Waals surface area contributed by atoms with E-state index in [0.29, 0.717) is 34.7 Å². The predicted molar refractivity (Wildman–Crippen MR) is 154 cm³/mol. The normalized spacial score (nSPS) is 14.1. The quantitative estimate of drug-likeness (QED) is 0.322. The minimum Gasteiger partial charge on any atom is -0.494 e.